The summed E-state index contributed by atoms with van der Waals surface area (Å²) >= 11 is 0. The van der Waals surface area contributed by atoms with E-state index in [1.165, 1.54) is 6.07 Å². The first-order valence-corrected chi connectivity index (χ1v) is 6.15. The van der Waals surface area contributed by atoms with E-state index in [2.05, 4.69) is 5.32 Å². The Labute approximate surface area is 110 Å². The van der Waals surface area contributed by atoms with E-state index in [-0.39, 0.29) is 37.9 Å². The van der Waals surface area contributed by atoms with Crippen molar-refractivity contribution in [2.24, 2.45) is 0 Å². The molecule has 19 heavy (non-hydrogen) atoms. The van der Waals surface area contributed by atoms with Crippen LogP contribution in [0.5, 0.6) is 0 Å². The summed E-state index contributed by atoms with van der Waals surface area (Å²) in [5, 5.41) is 21.3. The summed E-state index contributed by atoms with van der Waals surface area (Å²) in [5.74, 6) is -0.612. The van der Waals surface area contributed by atoms with Gasteiger partial charge in [0.1, 0.15) is 5.82 Å². The normalized spacial score (nSPS) is 23.5. The Morgan fingerprint density at radius 1 is 1.32 bits per heavy atom. The number of nitrogens with zero attached hydrogens (tertiary/aromatic N) is 1. The summed E-state index contributed by atoms with van der Waals surface area (Å²) in [6.07, 6.45) is -1.61. The fourth-order valence-electron chi connectivity index (χ4n) is 2.07. The lowest BCUT2D eigenvalue weighted by atomic mass is 10.2. The molecule has 1 saturated heterocycles. The molecule has 0 aliphatic carbocycles. The number of aliphatic hydroxyl groups is 2. The molecule has 2 atom stereocenters. The molecule has 2 unspecified atom stereocenters. The number of likely N-dealkylation sites (tertiary alicyclic amines) is 1. The Morgan fingerprint density at radius 2 is 1.95 bits per heavy atom. The fourth-order valence-corrected chi connectivity index (χ4v) is 2.07. The van der Waals surface area contributed by atoms with Gasteiger partial charge in [0.15, 0.2) is 0 Å². The molecule has 0 radical (unpaired) electrons. The van der Waals surface area contributed by atoms with Crippen molar-refractivity contribution in [2.45, 2.75) is 18.8 Å². The second-order valence-corrected chi connectivity index (χ2v) is 4.70. The van der Waals surface area contributed by atoms with Gasteiger partial charge in [0.05, 0.1) is 18.8 Å². The number of carbonyl (C=O) groups excluding carboxylic acids is 1. The molecule has 1 heterocycles. The maximum Gasteiger partial charge on any atom is 0.234 e. The minimum atomic E-state index is -0.806. The highest BCUT2D eigenvalue weighted by molar-refractivity contribution is 5.78. The van der Waals surface area contributed by atoms with Crippen molar-refractivity contribution in [3.05, 3.63) is 35.6 Å². The van der Waals surface area contributed by atoms with Crippen molar-refractivity contribution >= 4 is 5.91 Å². The van der Waals surface area contributed by atoms with Crippen LogP contribution in [0.1, 0.15) is 5.56 Å². The first kappa shape index (κ1) is 13.9. The number of aliphatic hydroxyl groups excluding tert-OH is 2. The van der Waals surface area contributed by atoms with E-state index in [9.17, 15) is 19.4 Å². The molecular formula is C13H17FN2O3. The minimum Gasteiger partial charge on any atom is -0.389 e. The summed E-state index contributed by atoms with van der Waals surface area (Å²) in [6.45, 7) is 0.760. The van der Waals surface area contributed by atoms with Gasteiger partial charge in [-0.25, -0.2) is 4.39 Å². The summed E-state index contributed by atoms with van der Waals surface area (Å²) < 4.78 is 13.3. The Bertz CT molecular complexity index is 445. The van der Waals surface area contributed by atoms with Gasteiger partial charge in [-0.3, -0.25) is 9.69 Å². The van der Waals surface area contributed by atoms with E-state index in [1.54, 1.807) is 23.1 Å². The highest BCUT2D eigenvalue weighted by Crippen LogP contribution is 2.09. The molecule has 6 heteroatoms. The Kier molecular flexibility index (Phi) is 4.47. The number of benzene rings is 1. The van der Waals surface area contributed by atoms with E-state index < -0.39 is 12.2 Å². The minimum absolute atomic E-state index is 0.0859. The van der Waals surface area contributed by atoms with Crippen LogP contribution in [0, 0.1) is 5.82 Å². The number of hydrogen-bond acceptors (Lipinski definition) is 4. The van der Waals surface area contributed by atoms with Gasteiger partial charge in [0.2, 0.25) is 5.91 Å². The third-order valence-electron chi connectivity index (χ3n) is 3.14. The summed E-state index contributed by atoms with van der Waals surface area (Å²) in [4.78, 5) is 13.3. The van der Waals surface area contributed by atoms with Gasteiger partial charge in [-0.1, -0.05) is 18.2 Å². The van der Waals surface area contributed by atoms with Crippen LogP contribution in [0.4, 0.5) is 4.39 Å². The molecule has 0 saturated carbocycles. The van der Waals surface area contributed by atoms with Crippen LogP contribution in [0.25, 0.3) is 0 Å². The lowest BCUT2D eigenvalue weighted by Crippen LogP contribution is -2.36. The van der Waals surface area contributed by atoms with Crippen molar-refractivity contribution in [2.75, 3.05) is 19.6 Å². The zero-order chi connectivity index (χ0) is 13.8. The number of amides is 1. The monoisotopic (exact) mass is 268 g/mol. The molecule has 5 nitrogen and oxygen atoms in total. The number of carbonyl (C=O) groups is 1. The van der Waals surface area contributed by atoms with Gasteiger partial charge in [0, 0.05) is 25.2 Å². The van der Waals surface area contributed by atoms with Crippen LogP contribution < -0.4 is 5.32 Å². The zero-order valence-electron chi connectivity index (χ0n) is 10.4. The summed E-state index contributed by atoms with van der Waals surface area (Å²) in [7, 11) is 0. The molecule has 1 aliphatic rings. The Morgan fingerprint density at radius 3 is 2.58 bits per heavy atom. The molecule has 0 spiro atoms. The van der Waals surface area contributed by atoms with Crippen LogP contribution >= 0.6 is 0 Å². The number of β-amino-alcohol motifs (C(OH)–C–C–N with tert-alkyl or cyclic N) is 2. The van der Waals surface area contributed by atoms with Gasteiger partial charge in [-0.05, 0) is 6.07 Å². The molecule has 104 valence electrons. The second-order valence-electron chi connectivity index (χ2n) is 4.70. The number of hydrogen-bond donors (Lipinski definition) is 3. The van der Waals surface area contributed by atoms with E-state index in [0.717, 1.165) is 0 Å². The summed E-state index contributed by atoms with van der Waals surface area (Å²) in [6, 6.07) is 6.25. The molecule has 3 N–H and O–H groups in total. The average molecular weight is 268 g/mol. The lowest BCUT2D eigenvalue weighted by molar-refractivity contribution is -0.122. The van der Waals surface area contributed by atoms with Gasteiger partial charge in [0.25, 0.3) is 0 Å². The molecule has 0 aromatic heterocycles. The molecular weight excluding hydrogens is 251 g/mol. The zero-order valence-corrected chi connectivity index (χ0v) is 10.4. The van der Waals surface area contributed by atoms with E-state index >= 15 is 0 Å². The topological polar surface area (TPSA) is 72.8 Å². The van der Waals surface area contributed by atoms with Crippen molar-refractivity contribution in [3.8, 4) is 0 Å². The molecule has 2 rings (SSSR count). The first-order chi connectivity index (χ1) is 9.06. The van der Waals surface area contributed by atoms with Crippen LogP contribution in [0.3, 0.4) is 0 Å². The molecule has 1 aromatic rings. The standard InChI is InChI=1S/C13H17FN2O3/c14-10-4-2-1-3-9(10)5-15-13(19)8-16-6-11(17)12(18)7-16/h1-4,11-12,17-18H,5-8H2,(H,15,19). The van der Waals surface area contributed by atoms with Crippen LogP contribution in [-0.2, 0) is 11.3 Å². The second kappa shape index (κ2) is 6.10. The Balaban J connectivity index is 1.78. The third kappa shape index (κ3) is 3.73. The van der Waals surface area contributed by atoms with E-state index in [1.807, 2.05) is 0 Å². The first-order valence-electron chi connectivity index (χ1n) is 6.15. The number of halogens is 1. The largest absolute Gasteiger partial charge is 0.389 e. The third-order valence-corrected chi connectivity index (χ3v) is 3.14. The predicted molar refractivity (Wildman–Crippen MR) is 66.7 cm³/mol. The van der Waals surface area contributed by atoms with Gasteiger partial charge >= 0.3 is 0 Å². The molecule has 1 amide bonds. The van der Waals surface area contributed by atoms with Gasteiger partial charge in [-0.2, -0.15) is 0 Å². The van der Waals surface area contributed by atoms with Crippen molar-refractivity contribution in [1.82, 2.24) is 10.2 Å². The smallest absolute Gasteiger partial charge is 0.234 e. The molecule has 1 aliphatic heterocycles. The summed E-state index contributed by atoms with van der Waals surface area (Å²) in [5.41, 5.74) is 0.428. The maximum atomic E-state index is 13.3. The number of rotatable bonds is 4. The molecule has 1 aromatic carbocycles. The maximum absolute atomic E-state index is 13.3. The van der Waals surface area contributed by atoms with Crippen LogP contribution in [0.2, 0.25) is 0 Å². The average Bonchev–Trinajstić information content (AvgIpc) is 2.67. The van der Waals surface area contributed by atoms with Crippen molar-refractivity contribution < 1.29 is 19.4 Å². The number of nitrogens with one attached hydrogen (secondary N) is 1. The highest BCUT2D eigenvalue weighted by atomic mass is 19.1. The quantitative estimate of drug-likeness (QED) is 0.687. The predicted octanol–water partition coefficient (Wildman–Crippen LogP) is -0.521. The van der Waals surface area contributed by atoms with Crippen LogP contribution in [0.15, 0.2) is 24.3 Å². The van der Waals surface area contributed by atoms with Crippen molar-refractivity contribution in [1.29, 1.82) is 0 Å². The SMILES string of the molecule is O=C(CN1CC(O)C(O)C1)NCc1ccccc1F. The molecule has 0 bridgehead atoms. The molecule has 1 fully saturated rings. The van der Waals surface area contributed by atoms with Gasteiger partial charge in [-0.15, -0.1) is 0 Å². The fraction of sp³-hybridized carbons (Fsp3) is 0.462. The Hall–Kier alpha value is -1.50. The van der Waals surface area contributed by atoms with Crippen LogP contribution in [-0.4, -0.2) is 52.9 Å². The highest BCUT2D eigenvalue weighted by Gasteiger charge is 2.30. The van der Waals surface area contributed by atoms with E-state index in [0.29, 0.717) is 5.56 Å². The van der Waals surface area contributed by atoms with Crippen molar-refractivity contribution in [3.63, 3.8) is 0 Å². The lowest BCUT2D eigenvalue weighted by Gasteiger charge is -2.14. The van der Waals surface area contributed by atoms with Gasteiger partial charge < -0.3 is 15.5 Å². The van der Waals surface area contributed by atoms with E-state index in [4.69, 9.17) is 0 Å².